The SMILES string of the molecule is C=CC1CC1(NC(=O)C1CC(Oc2nccc3cc(OC)ccc23)CN1C(=O)C(CC(=O)OC(C)(C)C)NC(=O)OC(C)(C)C)C(=O)NS(=O)(=O)C1CC1. The number of nitrogens with zero attached hydrogens (tertiary/aromatic N) is 2. The van der Waals surface area contributed by atoms with Crippen molar-refractivity contribution in [3.8, 4) is 11.6 Å². The lowest BCUT2D eigenvalue weighted by molar-refractivity contribution is -0.157. The molecule has 0 spiro atoms. The number of carbonyl (C=O) groups is 5. The van der Waals surface area contributed by atoms with Gasteiger partial charge in [-0.05, 0) is 90.5 Å². The standard InChI is InChI=1S/C37H49N5O11S/c1-9-22-19-37(22,33(46)41-54(48,49)25-11-12-25)40-30(44)28-17-24(51-31-26-13-10-23(50-8)16-21(26)14-15-38-31)20-42(28)32(45)27(18-29(43)52-35(2,3)4)39-34(47)53-36(5,6)7/h9-10,13-16,22,24-25,27-28H,1,11-12,17-20H2,2-8H3,(H,39,47)(H,40,44)(H,41,46). The molecular formula is C37H49N5O11S. The number of esters is 1. The summed E-state index contributed by atoms with van der Waals surface area (Å²) in [6, 6.07) is 4.24. The van der Waals surface area contributed by atoms with Crippen molar-refractivity contribution in [1.29, 1.82) is 0 Å². The quantitative estimate of drug-likeness (QED) is 0.199. The third-order valence-corrected chi connectivity index (χ3v) is 10.9. The van der Waals surface area contributed by atoms with Crippen LogP contribution >= 0.6 is 0 Å². The first kappa shape index (κ1) is 40.3. The lowest BCUT2D eigenvalue weighted by Gasteiger charge is -2.30. The number of hydrogen-bond donors (Lipinski definition) is 3. The molecule has 2 aromatic rings. The van der Waals surface area contributed by atoms with Crippen molar-refractivity contribution in [2.24, 2.45) is 5.92 Å². The number of benzene rings is 1. The lowest BCUT2D eigenvalue weighted by Crippen LogP contribution is -2.58. The molecule has 0 radical (unpaired) electrons. The van der Waals surface area contributed by atoms with Crippen LogP contribution in [0.5, 0.6) is 11.6 Å². The number of methoxy groups -OCH3 is 1. The number of likely N-dealkylation sites (tertiary alicyclic amines) is 1. The summed E-state index contributed by atoms with van der Waals surface area (Å²) >= 11 is 0. The number of sulfonamides is 1. The topological polar surface area (TPSA) is 209 Å². The Morgan fingerprint density at radius 1 is 1.06 bits per heavy atom. The Bertz CT molecular complexity index is 1910. The average molecular weight is 772 g/mol. The van der Waals surface area contributed by atoms with E-state index in [9.17, 15) is 32.4 Å². The van der Waals surface area contributed by atoms with Crippen molar-refractivity contribution in [3.05, 3.63) is 43.1 Å². The van der Waals surface area contributed by atoms with E-state index in [0.717, 1.165) is 5.39 Å². The predicted octanol–water partition coefficient (Wildman–Crippen LogP) is 2.89. The van der Waals surface area contributed by atoms with Crippen molar-refractivity contribution in [2.75, 3.05) is 13.7 Å². The summed E-state index contributed by atoms with van der Waals surface area (Å²) in [4.78, 5) is 73.8. The fourth-order valence-electron chi connectivity index (χ4n) is 6.30. The summed E-state index contributed by atoms with van der Waals surface area (Å²) in [6.45, 7) is 13.4. The minimum Gasteiger partial charge on any atom is -0.497 e. The van der Waals surface area contributed by atoms with E-state index >= 15 is 0 Å². The fraction of sp³-hybridized carbons (Fsp3) is 0.568. The molecule has 54 heavy (non-hydrogen) atoms. The number of alkyl carbamates (subject to hydrolysis) is 1. The second-order valence-electron chi connectivity index (χ2n) is 15.9. The number of rotatable bonds is 13. The van der Waals surface area contributed by atoms with Crippen LogP contribution in [0.25, 0.3) is 10.8 Å². The number of carbonyl (C=O) groups excluding carboxylic acids is 5. The fourth-order valence-corrected chi connectivity index (χ4v) is 7.66. The molecule has 0 bridgehead atoms. The molecule has 5 atom stereocenters. The number of pyridine rings is 1. The van der Waals surface area contributed by atoms with E-state index in [1.807, 2.05) is 0 Å². The molecule has 1 aromatic carbocycles. The third kappa shape index (κ3) is 9.59. The average Bonchev–Trinajstić information content (AvgIpc) is 3.99. The molecule has 3 fully saturated rings. The van der Waals surface area contributed by atoms with Crippen molar-refractivity contribution in [1.82, 2.24) is 25.2 Å². The molecule has 5 rings (SSSR count). The van der Waals surface area contributed by atoms with Crippen LogP contribution in [0.15, 0.2) is 43.1 Å². The Balaban J connectivity index is 1.46. The van der Waals surface area contributed by atoms with Gasteiger partial charge < -0.3 is 34.5 Å². The second kappa shape index (κ2) is 15.1. The molecule has 2 saturated carbocycles. The summed E-state index contributed by atoms with van der Waals surface area (Å²) in [5.41, 5.74) is -3.48. The van der Waals surface area contributed by atoms with Crippen LogP contribution < -0.4 is 24.8 Å². The predicted molar refractivity (Wildman–Crippen MR) is 196 cm³/mol. The highest BCUT2D eigenvalue weighted by Gasteiger charge is 2.62. The molecule has 4 amide bonds. The Morgan fingerprint density at radius 3 is 2.33 bits per heavy atom. The number of fused-ring (bicyclic) bond motifs is 1. The number of ether oxygens (including phenoxy) is 4. The number of amides is 4. The molecule has 1 saturated heterocycles. The van der Waals surface area contributed by atoms with Gasteiger partial charge in [-0.15, -0.1) is 6.58 Å². The van der Waals surface area contributed by atoms with E-state index in [1.54, 1.807) is 79.1 Å². The maximum atomic E-state index is 14.5. The van der Waals surface area contributed by atoms with Crippen LogP contribution in [0.1, 0.15) is 73.6 Å². The molecule has 2 heterocycles. The van der Waals surface area contributed by atoms with Gasteiger partial charge in [-0.1, -0.05) is 6.08 Å². The third-order valence-electron chi connectivity index (χ3n) is 9.09. The molecule has 3 aliphatic rings. The zero-order valence-electron chi connectivity index (χ0n) is 31.6. The van der Waals surface area contributed by atoms with Gasteiger partial charge in [0.25, 0.3) is 5.91 Å². The molecule has 1 aliphatic heterocycles. The number of aromatic nitrogens is 1. The molecule has 5 unspecified atom stereocenters. The summed E-state index contributed by atoms with van der Waals surface area (Å²) in [6.07, 6.45) is 1.44. The Kier molecular flexibility index (Phi) is 11.2. The van der Waals surface area contributed by atoms with Crippen LogP contribution in [0.4, 0.5) is 4.79 Å². The highest BCUT2D eigenvalue weighted by molar-refractivity contribution is 7.91. The van der Waals surface area contributed by atoms with Crippen molar-refractivity contribution in [2.45, 2.75) is 114 Å². The summed E-state index contributed by atoms with van der Waals surface area (Å²) < 4.78 is 50.0. The van der Waals surface area contributed by atoms with E-state index in [0.29, 0.717) is 24.0 Å². The maximum Gasteiger partial charge on any atom is 0.408 e. The Labute approximate surface area is 314 Å². The van der Waals surface area contributed by atoms with Crippen LogP contribution in [-0.2, 0) is 38.7 Å². The Hall–Kier alpha value is -4.93. The van der Waals surface area contributed by atoms with E-state index in [1.165, 1.54) is 11.0 Å². The Morgan fingerprint density at radius 2 is 1.74 bits per heavy atom. The molecule has 17 heteroatoms. The minimum absolute atomic E-state index is 0.0830. The first-order chi connectivity index (χ1) is 25.1. The van der Waals surface area contributed by atoms with E-state index in [2.05, 4.69) is 26.9 Å². The summed E-state index contributed by atoms with van der Waals surface area (Å²) in [7, 11) is -2.40. The largest absolute Gasteiger partial charge is 0.497 e. The molecule has 3 N–H and O–H groups in total. The molecular weight excluding hydrogens is 722 g/mol. The lowest BCUT2D eigenvalue weighted by atomic mass is 10.1. The zero-order valence-corrected chi connectivity index (χ0v) is 32.4. The van der Waals surface area contributed by atoms with Crippen LogP contribution in [0.2, 0.25) is 0 Å². The van der Waals surface area contributed by atoms with Crippen molar-refractivity contribution in [3.63, 3.8) is 0 Å². The molecule has 1 aromatic heterocycles. The smallest absolute Gasteiger partial charge is 0.408 e. The van der Waals surface area contributed by atoms with Gasteiger partial charge in [-0.2, -0.15) is 0 Å². The van der Waals surface area contributed by atoms with Crippen molar-refractivity contribution < 1.29 is 51.3 Å². The number of hydrogen-bond acceptors (Lipinski definition) is 12. The van der Waals surface area contributed by atoms with Gasteiger partial charge in [0.05, 0.1) is 25.3 Å². The monoisotopic (exact) mass is 771 g/mol. The molecule has 2 aliphatic carbocycles. The van der Waals surface area contributed by atoms with E-state index in [4.69, 9.17) is 18.9 Å². The minimum atomic E-state index is -3.95. The molecule has 16 nitrogen and oxygen atoms in total. The first-order valence-electron chi connectivity index (χ1n) is 17.8. The van der Waals surface area contributed by atoms with Crippen molar-refractivity contribution >= 4 is 50.6 Å². The normalized spacial score (nSPS) is 23.1. The van der Waals surface area contributed by atoms with Crippen LogP contribution in [0, 0.1) is 5.92 Å². The highest BCUT2D eigenvalue weighted by atomic mass is 32.2. The maximum absolute atomic E-state index is 14.5. The van der Waals surface area contributed by atoms with Gasteiger partial charge >= 0.3 is 12.1 Å². The summed E-state index contributed by atoms with van der Waals surface area (Å²) in [5.74, 6) is -3.04. The second-order valence-corrected chi connectivity index (χ2v) is 17.8. The highest BCUT2D eigenvalue weighted by Crippen LogP contribution is 2.45. The van der Waals surface area contributed by atoms with Gasteiger partial charge in [0.1, 0.15) is 40.7 Å². The van der Waals surface area contributed by atoms with Gasteiger partial charge in [-0.3, -0.25) is 23.9 Å². The van der Waals surface area contributed by atoms with Gasteiger partial charge in [0, 0.05) is 23.9 Å². The van der Waals surface area contributed by atoms with Crippen LogP contribution in [0.3, 0.4) is 0 Å². The summed E-state index contributed by atoms with van der Waals surface area (Å²) in [5, 5.41) is 5.90. The molecule has 294 valence electrons. The zero-order chi connectivity index (χ0) is 39.8. The van der Waals surface area contributed by atoms with E-state index < -0.39 is 92.3 Å². The first-order valence-corrected chi connectivity index (χ1v) is 19.3. The van der Waals surface area contributed by atoms with Crippen LogP contribution in [-0.4, -0.2) is 102 Å². The van der Waals surface area contributed by atoms with Gasteiger partial charge in [0.2, 0.25) is 27.7 Å². The number of nitrogens with one attached hydrogen (secondary N) is 3. The van der Waals surface area contributed by atoms with Gasteiger partial charge in [0.15, 0.2) is 0 Å². The van der Waals surface area contributed by atoms with E-state index in [-0.39, 0.29) is 25.3 Å². The van der Waals surface area contributed by atoms with Gasteiger partial charge in [-0.25, -0.2) is 18.2 Å².